The first-order valence-corrected chi connectivity index (χ1v) is 11.7. The molecule has 6 nitrogen and oxygen atoms in total. The SMILES string of the molecule is C=CCn1c(SCC(=O)N[C@@H](c2ccccc2)c2ccc(Cl)cc2)nnc1-c1ccoc1C. The number of allylic oxidation sites excluding steroid dienone is 1. The number of hydrogen-bond donors (Lipinski definition) is 1. The summed E-state index contributed by atoms with van der Waals surface area (Å²) in [7, 11) is 0. The van der Waals surface area contributed by atoms with Crippen molar-refractivity contribution in [2.24, 2.45) is 0 Å². The second kappa shape index (κ2) is 10.6. The van der Waals surface area contributed by atoms with Crippen LogP contribution in [0.1, 0.15) is 22.9 Å². The highest BCUT2D eigenvalue weighted by Gasteiger charge is 2.20. The zero-order valence-corrected chi connectivity index (χ0v) is 19.6. The van der Waals surface area contributed by atoms with Crippen LogP contribution in [-0.4, -0.2) is 26.4 Å². The third kappa shape index (κ3) is 5.38. The number of nitrogens with one attached hydrogen (secondary N) is 1. The van der Waals surface area contributed by atoms with E-state index in [1.54, 1.807) is 12.3 Å². The molecule has 2 heterocycles. The van der Waals surface area contributed by atoms with E-state index in [-0.39, 0.29) is 17.7 Å². The molecular weight excluding hydrogens is 456 g/mol. The van der Waals surface area contributed by atoms with Crippen molar-refractivity contribution in [1.82, 2.24) is 20.1 Å². The van der Waals surface area contributed by atoms with Crippen molar-refractivity contribution in [3.8, 4) is 11.4 Å². The van der Waals surface area contributed by atoms with Crippen LogP contribution in [-0.2, 0) is 11.3 Å². The summed E-state index contributed by atoms with van der Waals surface area (Å²) in [5.74, 6) is 1.53. The molecule has 1 atom stereocenters. The lowest BCUT2D eigenvalue weighted by molar-refractivity contribution is -0.119. The molecule has 2 aromatic heterocycles. The quantitative estimate of drug-likeness (QED) is 0.247. The number of aryl methyl sites for hydroxylation is 1. The van der Waals surface area contributed by atoms with E-state index in [4.69, 9.17) is 16.0 Å². The van der Waals surface area contributed by atoms with E-state index in [2.05, 4.69) is 22.1 Å². The van der Waals surface area contributed by atoms with Crippen LogP contribution >= 0.6 is 23.4 Å². The fraction of sp³-hybridized carbons (Fsp3) is 0.160. The molecule has 33 heavy (non-hydrogen) atoms. The zero-order valence-electron chi connectivity index (χ0n) is 18.1. The average Bonchev–Trinajstić information content (AvgIpc) is 3.43. The highest BCUT2D eigenvalue weighted by molar-refractivity contribution is 7.99. The summed E-state index contributed by atoms with van der Waals surface area (Å²) in [6, 6.07) is 18.9. The molecule has 4 aromatic rings. The van der Waals surface area contributed by atoms with Gasteiger partial charge in [-0.3, -0.25) is 9.36 Å². The largest absolute Gasteiger partial charge is 0.469 e. The predicted molar refractivity (Wildman–Crippen MR) is 131 cm³/mol. The number of nitrogens with zero attached hydrogens (tertiary/aromatic N) is 3. The van der Waals surface area contributed by atoms with E-state index in [0.29, 0.717) is 22.5 Å². The standard InChI is InChI=1S/C25H23ClN4O2S/c1-3-14-30-24(21-13-15-32-17(21)2)28-29-25(30)33-16-22(31)27-23(18-7-5-4-6-8-18)19-9-11-20(26)12-10-19/h3-13,15,23H,1,14,16H2,2H3,(H,27,31)/t23-/m0/s1. The molecule has 8 heteroatoms. The van der Waals surface area contributed by atoms with Gasteiger partial charge in [0.1, 0.15) is 5.76 Å². The molecule has 0 saturated carbocycles. The van der Waals surface area contributed by atoms with Gasteiger partial charge in [-0.05, 0) is 36.2 Å². The van der Waals surface area contributed by atoms with E-state index in [9.17, 15) is 4.79 Å². The fourth-order valence-corrected chi connectivity index (χ4v) is 4.38. The molecule has 0 spiro atoms. The molecule has 0 aliphatic rings. The molecule has 1 N–H and O–H groups in total. The summed E-state index contributed by atoms with van der Waals surface area (Å²) in [6.07, 6.45) is 3.40. The summed E-state index contributed by atoms with van der Waals surface area (Å²) in [5.41, 5.74) is 2.81. The molecule has 0 fully saturated rings. The maximum atomic E-state index is 12.9. The van der Waals surface area contributed by atoms with Crippen molar-refractivity contribution in [3.63, 3.8) is 0 Å². The van der Waals surface area contributed by atoms with Crippen molar-refractivity contribution >= 4 is 29.3 Å². The van der Waals surface area contributed by atoms with Gasteiger partial charge in [-0.1, -0.05) is 71.9 Å². The van der Waals surface area contributed by atoms with Gasteiger partial charge in [-0.25, -0.2) is 0 Å². The zero-order chi connectivity index (χ0) is 23.2. The van der Waals surface area contributed by atoms with Gasteiger partial charge in [0.15, 0.2) is 11.0 Å². The van der Waals surface area contributed by atoms with Crippen LogP contribution in [0.3, 0.4) is 0 Å². The Kier molecular flexibility index (Phi) is 7.32. The van der Waals surface area contributed by atoms with Crippen molar-refractivity contribution in [3.05, 3.63) is 101 Å². The van der Waals surface area contributed by atoms with Crippen LogP contribution in [0.15, 0.2) is 89.2 Å². The highest BCUT2D eigenvalue weighted by atomic mass is 35.5. The first kappa shape index (κ1) is 22.9. The number of rotatable bonds is 9. The Balaban J connectivity index is 1.51. The van der Waals surface area contributed by atoms with Crippen LogP contribution in [0.25, 0.3) is 11.4 Å². The first-order chi connectivity index (χ1) is 16.1. The van der Waals surface area contributed by atoms with Crippen LogP contribution in [0.4, 0.5) is 0 Å². The number of carbonyl (C=O) groups excluding carboxylic acids is 1. The molecule has 0 saturated heterocycles. The fourth-order valence-electron chi connectivity index (χ4n) is 3.50. The lowest BCUT2D eigenvalue weighted by atomic mass is 9.99. The van der Waals surface area contributed by atoms with Gasteiger partial charge in [0.25, 0.3) is 0 Å². The van der Waals surface area contributed by atoms with Crippen LogP contribution in [0, 0.1) is 6.92 Å². The van der Waals surface area contributed by atoms with Gasteiger partial charge in [0.05, 0.1) is 23.6 Å². The molecule has 2 aromatic carbocycles. The molecule has 0 bridgehead atoms. The minimum Gasteiger partial charge on any atom is -0.469 e. The monoisotopic (exact) mass is 478 g/mol. The van der Waals surface area contributed by atoms with E-state index >= 15 is 0 Å². The first-order valence-electron chi connectivity index (χ1n) is 10.4. The van der Waals surface area contributed by atoms with Crippen LogP contribution in [0.5, 0.6) is 0 Å². The molecule has 0 aliphatic carbocycles. The van der Waals surface area contributed by atoms with Gasteiger partial charge in [-0.15, -0.1) is 16.8 Å². The number of aromatic nitrogens is 3. The predicted octanol–water partition coefficient (Wildman–Crippen LogP) is 5.68. The number of carbonyl (C=O) groups is 1. The lowest BCUT2D eigenvalue weighted by Gasteiger charge is -2.20. The van der Waals surface area contributed by atoms with Crippen molar-refractivity contribution in [2.45, 2.75) is 24.7 Å². The number of hydrogen-bond acceptors (Lipinski definition) is 5. The normalized spacial score (nSPS) is 11.8. The number of halogens is 1. The Hall–Kier alpha value is -3.29. The minimum absolute atomic E-state index is 0.113. The Morgan fingerprint density at radius 3 is 2.55 bits per heavy atom. The summed E-state index contributed by atoms with van der Waals surface area (Å²) in [5, 5.41) is 13.1. The summed E-state index contributed by atoms with van der Waals surface area (Å²) in [4.78, 5) is 12.9. The van der Waals surface area contributed by atoms with Gasteiger partial charge in [-0.2, -0.15) is 0 Å². The Bertz CT molecular complexity index is 1240. The van der Waals surface area contributed by atoms with Gasteiger partial charge >= 0.3 is 0 Å². The number of benzene rings is 2. The Morgan fingerprint density at radius 2 is 1.88 bits per heavy atom. The number of amides is 1. The number of thioether (sulfide) groups is 1. The Labute approximate surface area is 201 Å². The molecular formula is C25H23ClN4O2S. The van der Waals surface area contributed by atoms with Crippen LogP contribution in [0.2, 0.25) is 5.02 Å². The molecule has 168 valence electrons. The second-order valence-corrected chi connectivity index (χ2v) is 8.73. The van der Waals surface area contributed by atoms with E-state index < -0.39 is 0 Å². The number of furan rings is 1. The summed E-state index contributed by atoms with van der Waals surface area (Å²) < 4.78 is 7.34. The van der Waals surface area contributed by atoms with E-state index in [1.807, 2.05) is 72.2 Å². The summed E-state index contributed by atoms with van der Waals surface area (Å²) in [6.45, 7) is 6.23. The van der Waals surface area contributed by atoms with Crippen molar-refractivity contribution in [2.75, 3.05) is 5.75 Å². The smallest absolute Gasteiger partial charge is 0.231 e. The van der Waals surface area contributed by atoms with Gasteiger partial charge < -0.3 is 9.73 Å². The van der Waals surface area contributed by atoms with Crippen LogP contribution < -0.4 is 5.32 Å². The topological polar surface area (TPSA) is 73.0 Å². The molecule has 0 aliphatic heterocycles. The second-order valence-electron chi connectivity index (χ2n) is 7.35. The van der Waals surface area contributed by atoms with Gasteiger partial charge in [0, 0.05) is 11.6 Å². The third-order valence-electron chi connectivity index (χ3n) is 5.10. The van der Waals surface area contributed by atoms with Crippen molar-refractivity contribution < 1.29 is 9.21 Å². The molecule has 0 unspecified atom stereocenters. The van der Waals surface area contributed by atoms with E-state index in [0.717, 1.165) is 22.5 Å². The minimum atomic E-state index is -0.285. The average molecular weight is 479 g/mol. The summed E-state index contributed by atoms with van der Waals surface area (Å²) >= 11 is 7.39. The van der Waals surface area contributed by atoms with Crippen molar-refractivity contribution in [1.29, 1.82) is 0 Å². The maximum Gasteiger partial charge on any atom is 0.231 e. The Morgan fingerprint density at radius 1 is 1.15 bits per heavy atom. The highest BCUT2D eigenvalue weighted by Crippen LogP contribution is 2.28. The lowest BCUT2D eigenvalue weighted by Crippen LogP contribution is -2.30. The maximum absolute atomic E-state index is 12.9. The molecule has 4 rings (SSSR count). The molecule has 1 amide bonds. The molecule has 0 radical (unpaired) electrons. The van der Waals surface area contributed by atoms with E-state index in [1.165, 1.54) is 11.8 Å². The third-order valence-corrected chi connectivity index (χ3v) is 6.32. The van der Waals surface area contributed by atoms with Gasteiger partial charge in [0.2, 0.25) is 5.91 Å².